The van der Waals surface area contributed by atoms with E-state index in [2.05, 4.69) is 31.5 Å². The number of aromatic nitrogens is 1. The number of nitrogens with one attached hydrogen (secondary N) is 2. The topological polar surface area (TPSA) is 54.0 Å². The van der Waals surface area contributed by atoms with E-state index < -0.39 is 0 Å². The number of amides is 1. The number of carbonyl (C=O) groups is 1. The fraction of sp³-hybridized carbons (Fsp3) is 0.0769. The summed E-state index contributed by atoms with van der Waals surface area (Å²) in [6.45, 7) is 0. The van der Waals surface area contributed by atoms with E-state index in [-0.39, 0.29) is 5.91 Å². The van der Waals surface area contributed by atoms with Gasteiger partial charge in [-0.25, -0.2) is 0 Å². The SMILES string of the molecule is CNc1ccnc(C(=O)Nc2cc(Br)ccc2Cl)c1. The van der Waals surface area contributed by atoms with E-state index in [0.29, 0.717) is 16.4 Å². The normalized spacial score (nSPS) is 10.1. The van der Waals surface area contributed by atoms with Crippen LogP contribution in [-0.4, -0.2) is 17.9 Å². The highest BCUT2D eigenvalue weighted by Gasteiger charge is 2.10. The zero-order valence-corrected chi connectivity index (χ0v) is 12.4. The van der Waals surface area contributed by atoms with Crippen molar-refractivity contribution in [3.63, 3.8) is 0 Å². The van der Waals surface area contributed by atoms with Crippen LogP contribution in [0.3, 0.4) is 0 Å². The molecule has 1 aromatic carbocycles. The second kappa shape index (κ2) is 6.04. The van der Waals surface area contributed by atoms with Gasteiger partial charge >= 0.3 is 0 Å². The molecule has 6 heteroatoms. The van der Waals surface area contributed by atoms with Gasteiger partial charge in [0.25, 0.3) is 5.91 Å². The predicted octanol–water partition coefficient (Wildman–Crippen LogP) is 3.79. The Morgan fingerprint density at radius 2 is 2.11 bits per heavy atom. The van der Waals surface area contributed by atoms with Crippen molar-refractivity contribution in [2.75, 3.05) is 17.7 Å². The molecule has 19 heavy (non-hydrogen) atoms. The molecule has 0 aliphatic carbocycles. The maximum Gasteiger partial charge on any atom is 0.274 e. The van der Waals surface area contributed by atoms with E-state index in [4.69, 9.17) is 11.6 Å². The molecule has 0 aliphatic rings. The average molecular weight is 341 g/mol. The summed E-state index contributed by atoms with van der Waals surface area (Å²) >= 11 is 9.35. The molecule has 98 valence electrons. The summed E-state index contributed by atoms with van der Waals surface area (Å²) in [6, 6.07) is 8.70. The smallest absolute Gasteiger partial charge is 0.274 e. The molecule has 0 saturated carbocycles. The fourth-order valence-electron chi connectivity index (χ4n) is 1.49. The van der Waals surface area contributed by atoms with E-state index in [1.165, 1.54) is 0 Å². The van der Waals surface area contributed by atoms with Crippen molar-refractivity contribution in [2.24, 2.45) is 0 Å². The van der Waals surface area contributed by atoms with Crippen LogP contribution >= 0.6 is 27.5 Å². The summed E-state index contributed by atoms with van der Waals surface area (Å²) in [4.78, 5) is 16.1. The quantitative estimate of drug-likeness (QED) is 0.894. The van der Waals surface area contributed by atoms with E-state index in [0.717, 1.165) is 10.2 Å². The summed E-state index contributed by atoms with van der Waals surface area (Å²) in [6.07, 6.45) is 1.57. The minimum absolute atomic E-state index is 0.308. The van der Waals surface area contributed by atoms with Crippen LogP contribution in [0.5, 0.6) is 0 Å². The van der Waals surface area contributed by atoms with Crippen LogP contribution in [0.25, 0.3) is 0 Å². The minimum Gasteiger partial charge on any atom is -0.388 e. The molecular weight excluding hydrogens is 330 g/mol. The van der Waals surface area contributed by atoms with Crippen molar-refractivity contribution in [3.8, 4) is 0 Å². The van der Waals surface area contributed by atoms with Crippen LogP contribution in [0.1, 0.15) is 10.5 Å². The molecule has 2 rings (SSSR count). The molecule has 0 unspecified atom stereocenters. The second-order valence-electron chi connectivity index (χ2n) is 3.76. The Balaban J connectivity index is 2.22. The predicted molar refractivity (Wildman–Crippen MR) is 80.9 cm³/mol. The third-order valence-corrected chi connectivity index (χ3v) is 3.28. The van der Waals surface area contributed by atoms with Gasteiger partial charge in [0.2, 0.25) is 0 Å². The number of nitrogens with zero attached hydrogens (tertiary/aromatic N) is 1. The fourth-order valence-corrected chi connectivity index (χ4v) is 2.02. The second-order valence-corrected chi connectivity index (χ2v) is 5.08. The summed E-state index contributed by atoms with van der Waals surface area (Å²) in [5.41, 5.74) is 1.68. The monoisotopic (exact) mass is 339 g/mol. The molecular formula is C13H11BrClN3O. The first-order chi connectivity index (χ1) is 9.10. The van der Waals surface area contributed by atoms with Gasteiger partial charge in [-0.15, -0.1) is 0 Å². The molecule has 0 spiro atoms. The highest BCUT2D eigenvalue weighted by Crippen LogP contribution is 2.26. The zero-order chi connectivity index (χ0) is 13.8. The van der Waals surface area contributed by atoms with Gasteiger partial charge in [0.15, 0.2) is 0 Å². The Kier molecular flexibility index (Phi) is 4.39. The number of anilines is 2. The lowest BCUT2D eigenvalue weighted by Crippen LogP contribution is -2.14. The largest absolute Gasteiger partial charge is 0.388 e. The molecule has 1 heterocycles. The van der Waals surface area contributed by atoms with Gasteiger partial charge in [0, 0.05) is 23.4 Å². The van der Waals surface area contributed by atoms with Crippen LogP contribution in [-0.2, 0) is 0 Å². The van der Waals surface area contributed by atoms with E-state index in [1.807, 2.05) is 0 Å². The maximum atomic E-state index is 12.1. The Morgan fingerprint density at radius 3 is 2.84 bits per heavy atom. The number of rotatable bonds is 3. The third-order valence-electron chi connectivity index (χ3n) is 2.46. The van der Waals surface area contributed by atoms with Crippen LogP contribution < -0.4 is 10.6 Å². The van der Waals surface area contributed by atoms with Gasteiger partial charge in [0.05, 0.1) is 10.7 Å². The third kappa shape index (κ3) is 3.45. The summed E-state index contributed by atoms with van der Waals surface area (Å²) in [7, 11) is 1.78. The summed E-state index contributed by atoms with van der Waals surface area (Å²) in [5.74, 6) is -0.308. The van der Waals surface area contributed by atoms with Gasteiger partial charge in [-0.2, -0.15) is 0 Å². The first-order valence-corrected chi connectivity index (χ1v) is 6.67. The molecule has 0 fully saturated rings. The molecule has 0 radical (unpaired) electrons. The van der Waals surface area contributed by atoms with Crippen molar-refractivity contribution in [2.45, 2.75) is 0 Å². The van der Waals surface area contributed by atoms with Crippen LogP contribution in [0.4, 0.5) is 11.4 Å². The molecule has 1 amide bonds. The van der Waals surface area contributed by atoms with Gasteiger partial charge in [-0.3, -0.25) is 9.78 Å². The van der Waals surface area contributed by atoms with Crippen LogP contribution in [0.2, 0.25) is 5.02 Å². The van der Waals surface area contributed by atoms with E-state index in [1.54, 1.807) is 43.6 Å². The number of carbonyl (C=O) groups excluding carboxylic acids is 1. The molecule has 4 nitrogen and oxygen atoms in total. The number of halogens is 2. The van der Waals surface area contributed by atoms with Gasteiger partial charge in [-0.1, -0.05) is 27.5 Å². The molecule has 0 atom stereocenters. The maximum absolute atomic E-state index is 12.1. The van der Waals surface area contributed by atoms with Crippen LogP contribution in [0, 0.1) is 0 Å². The van der Waals surface area contributed by atoms with Crippen molar-refractivity contribution in [1.29, 1.82) is 0 Å². The Morgan fingerprint density at radius 1 is 1.32 bits per heavy atom. The summed E-state index contributed by atoms with van der Waals surface area (Å²) < 4.78 is 0.837. The first kappa shape index (κ1) is 13.8. The van der Waals surface area contributed by atoms with Gasteiger partial charge in [-0.05, 0) is 30.3 Å². The van der Waals surface area contributed by atoms with Gasteiger partial charge < -0.3 is 10.6 Å². The van der Waals surface area contributed by atoms with Crippen molar-refractivity contribution in [1.82, 2.24) is 4.98 Å². The Bertz CT molecular complexity index is 619. The Labute approximate surface area is 124 Å². The number of pyridine rings is 1. The zero-order valence-electron chi connectivity index (χ0n) is 10.1. The standard InChI is InChI=1S/C13H11BrClN3O/c1-16-9-4-5-17-12(7-9)13(19)18-11-6-8(14)2-3-10(11)15/h2-7H,1H3,(H,16,17)(H,18,19). The van der Waals surface area contributed by atoms with E-state index in [9.17, 15) is 4.79 Å². The van der Waals surface area contributed by atoms with Crippen molar-refractivity contribution >= 4 is 44.8 Å². The molecule has 0 aliphatic heterocycles. The van der Waals surface area contributed by atoms with E-state index >= 15 is 0 Å². The molecule has 2 N–H and O–H groups in total. The summed E-state index contributed by atoms with van der Waals surface area (Å²) in [5, 5.41) is 6.15. The molecule has 2 aromatic rings. The lowest BCUT2D eigenvalue weighted by molar-refractivity contribution is 0.102. The molecule has 1 aromatic heterocycles. The minimum atomic E-state index is -0.308. The highest BCUT2D eigenvalue weighted by molar-refractivity contribution is 9.10. The molecule has 0 bridgehead atoms. The molecule has 0 saturated heterocycles. The lowest BCUT2D eigenvalue weighted by atomic mass is 10.2. The Hall–Kier alpha value is -1.59. The number of hydrogen-bond acceptors (Lipinski definition) is 3. The first-order valence-electron chi connectivity index (χ1n) is 5.50. The number of benzene rings is 1. The number of hydrogen-bond donors (Lipinski definition) is 2. The van der Waals surface area contributed by atoms with Crippen molar-refractivity contribution < 1.29 is 4.79 Å². The van der Waals surface area contributed by atoms with Crippen LogP contribution in [0.15, 0.2) is 41.0 Å². The van der Waals surface area contributed by atoms with Crippen molar-refractivity contribution in [3.05, 3.63) is 51.7 Å². The van der Waals surface area contributed by atoms with Gasteiger partial charge in [0.1, 0.15) is 5.69 Å². The highest BCUT2D eigenvalue weighted by atomic mass is 79.9. The lowest BCUT2D eigenvalue weighted by Gasteiger charge is -2.08. The average Bonchev–Trinajstić information content (AvgIpc) is 2.43.